The molecule has 6 nitrogen and oxygen atoms in total. The number of anilines is 1. The first-order valence-corrected chi connectivity index (χ1v) is 8.22. The molecule has 0 bridgehead atoms. The van der Waals surface area contributed by atoms with Gasteiger partial charge in [-0.2, -0.15) is 0 Å². The third-order valence-electron chi connectivity index (χ3n) is 3.34. The fourth-order valence-electron chi connectivity index (χ4n) is 2.24. The van der Waals surface area contributed by atoms with E-state index in [0.29, 0.717) is 5.52 Å². The summed E-state index contributed by atoms with van der Waals surface area (Å²) in [6.07, 6.45) is 1.81. The van der Waals surface area contributed by atoms with Crippen molar-refractivity contribution in [2.45, 2.75) is 19.8 Å². The van der Waals surface area contributed by atoms with E-state index >= 15 is 0 Å². The van der Waals surface area contributed by atoms with E-state index in [0.717, 1.165) is 16.4 Å². The van der Waals surface area contributed by atoms with Crippen LogP contribution in [0.1, 0.15) is 35.7 Å². The molecular formula is C15H18N2O4S. The summed E-state index contributed by atoms with van der Waals surface area (Å²) in [4.78, 5) is 14.9. The van der Waals surface area contributed by atoms with Gasteiger partial charge in [0.15, 0.2) is 0 Å². The number of hydrogen-bond donors (Lipinski definition) is 2. The Balaban J connectivity index is 2.73. The zero-order valence-electron chi connectivity index (χ0n) is 12.6. The van der Waals surface area contributed by atoms with Crippen molar-refractivity contribution in [3.8, 4) is 0 Å². The SMILES string of the molecule is C=CS(=O)(=O)Nc1cc(C(=O)OC)cc2c(C(C)C)c[nH]c12. The second-order valence-corrected chi connectivity index (χ2v) is 6.78. The first-order valence-electron chi connectivity index (χ1n) is 6.67. The maximum atomic E-state index is 11.8. The average molecular weight is 322 g/mol. The van der Waals surface area contributed by atoms with Crippen LogP contribution in [-0.2, 0) is 14.8 Å². The predicted molar refractivity (Wildman–Crippen MR) is 86.5 cm³/mol. The number of aromatic amines is 1. The number of fused-ring (bicyclic) bond motifs is 1. The number of H-pyrrole nitrogens is 1. The number of sulfonamides is 1. The lowest BCUT2D eigenvalue weighted by Gasteiger charge is -2.10. The van der Waals surface area contributed by atoms with E-state index in [4.69, 9.17) is 4.74 Å². The van der Waals surface area contributed by atoms with Gasteiger partial charge in [0.1, 0.15) is 0 Å². The molecule has 0 saturated carbocycles. The van der Waals surface area contributed by atoms with E-state index in [2.05, 4.69) is 16.3 Å². The zero-order valence-corrected chi connectivity index (χ0v) is 13.5. The normalized spacial score (nSPS) is 11.6. The molecule has 22 heavy (non-hydrogen) atoms. The van der Waals surface area contributed by atoms with Crippen molar-refractivity contribution in [2.75, 3.05) is 11.8 Å². The lowest BCUT2D eigenvalue weighted by molar-refractivity contribution is 0.0601. The number of carbonyl (C=O) groups is 1. The van der Waals surface area contributed by atoms with Crippen molar-refractivity contribution in [1.82, 2.24) is 4.98 Å². The molecular weight excluding hydrogens is 304 g/mol. The largest absolute Gasteiger partial charge is 0.465 e. The predicted octanol–water partition coefficient (Wildman–Crippen LogP) is 2.96. The van der Waals surface area contributed by atoms with Crippen LogP contribution in [0.3, 0.4) is 0 Å². The van der Waals surface area contributed by atoms with Gasteiger partial charge >= 0.3 is 5.97 Å². The quantitative estimate of drug-likeness (QED) is 0.828. The minimum absolute atomic E-state index is 0.213. The molecule has 0 aliphatic carbocycles. The topological polar surface area (TPSA) is 88.3 Å². The summed E-state index contributed by atoms with van der Waals surface area (Å²) in [5, 5.41) is 1.59. The number of rotatable bonds is 5. The second-order valence-electron chi connectivity index (χ2n) is 5.15. The van der Waals surface area contributed by atoms with Crippen LogP contribution in [0.4, 0.5) is 5.69 Å². The zero-order chi connectivity index (χ0) is 16.5. The van der Waals surface area contributed by atoms with Gasteiger partial charge in [-0.05, 0) is 23.6 Å². The number of esters is 1. The molecule has 2 rings (SSSR count). The number of hydrogen-bond acceptors (Lipinski definition) is 4. The van der Waals surface area contributed by atoms with Crippen LogP contribution in [0, 0.1) is 0 Å². The molecule has 118 valence electrons. The molecule has 0 saturated heterocycles. The van der Waals surface area contributed by atoms with Crippen molar-refractivity contribution in [1.29, 1.82) is 0 Å². The standard InChI is InChI=1S/C15H18N2O4S/c1-5-22(19,20)17-13-7-10(15(18)21-4)6-11-12(9(2)3)8-16-14(11)13/h5-9,16-17H,1H2,2-4H3. The van der Waals surface area contributed by atoms with Gasteiger partial charge in [0.05, 0.1) is 23.9 Å². The Labute approximate surface area is 129 Å². The molecule has 0 spiro atoms. The molecule has 0 radical (unpaired) electrons. The molecule has 7 heteroatoms. The summed E-state index contributed by atoms with van der Waals surface area (Å²) in [6.45, 7) is 7.29. The van der Waals surface area contributed by atoms with Crippen LogP contribution in [0.5, 0.6) is 0 Å². The third-order valence-corrected chi connectivity index (χ3v) is 4.28. The van der Waals surface area contributed by atoms with Crippen molar-refractivity contribution < 1.29 is 17.9 Å². The average Bonchev–Trinajstić information content (AvgIpc) is 2.90. The molecule has 1 aromatic heterocycles. The number of carbonyl (C=O) groups excluding carboxylic acids is 1. The summed E-state index contributed by atoms with van der Waals surface area (Å²) in [6, 6.07) is 3.13. The lowest BCUT2D eigenvalue weighted by Crippen LogP contribution is -2.10. The van der Waals surface area contributed by atoms with Crippen LogP contribution < -0.4 is 4.72 Å². The molecule has 1 aromatic carbocycles. The van der Waals surface area contributed by atoms with E-state index in [1.165, 1.54) is 13.2 Å². The van der Waals surface area contributed by atoms with E-state index in [9.17, 15) is 13.2 Å². The Bertz CT molecular complexity index is 835. The van der Waals surface area contributed by atoms with Gasteiger partial charge < -0.3 is 9.72 Å². The van der Waals surface area contributed by atoms with Gasteiger partial charge in [-0.3, -0.25) is 4.72 Å². The highest BCUT2D eigenvalue weighted by Gasteiger charge is 2.17. The van der Waals surface area contributed by atoms with Crippen LogP contribution in [-0.4, -0.2) is 26.5 Å². The van der Waals surface area contributed by atoms with E-state index < -0.39 is 16.0 Å². The number of ether oxygens (including phenoxy) is 1. The summed E-state index contributed by atoms with van der Waals surface area (Å²) in [7, 11) is -2.40. The Hall–Kier alpha value is -2.28. The Morgan fingerprint density at radius 1 is 1.41 bits per heavy atom. The van der Waals surface area contributed by atoms with Gasteiger partial charge in [0, 0.05) is 17.0 Å². The first-order chi connectivity index (χ1) is 10.3. The van der Waals surface area contributed by atoms with E-state index in [-0.39, 0.29) is 17.2 Å². The van der Waals surface area contributed by atoms with Crippen molar-refractivity contribution in [3.05, 3.63) is 41.4 Å². The van der Waals surface area contributed by atoms with Crippen LogP contribution >= 0.6 is 0 Å². The minimum atomic E-state index is -3.68. The summed E-state index contributed by atoms with van der Waals surface area (Å²) in [5.41, 5.74) is 2.16. The molecule has 0 aliphatic rings. The molecule has 2 N–H and O–H groups in total. The van der Waals surface area contributed by atoms with Crippen LogP contribution in [0.2, 0.25) is 0 Å². The number of benzene rings is 1. The minimum Gasteiger partial charge on any atom is -0.465 e. The second kappa shape index (κ2) is 5.84. The fraction of sp³-hybridized carbons (Fsp3) is 0.267. The number of aromatic nitrogens is 1. The van der Waals surface area contributed by atoms with Gasteiger partial charge in [-0.25, -0.2) is 13.2 Å². The third kappa shape index (κ3) is 2.99. The van der Waals surface area contributed by atoms with Crippen molar-refractivity contribution >= 4 is 32.6 Å². The van der Waals surface area contributed by atoms with E-state index in [1.54, 1.807) is 6.07 Å². The van der Waals surface area contributed by atoms with Crippen LogP contribution in [0.25, 0.3) is 10.9 Å². The van der Waals surface area contributed by atoms with Crippen molar-refractivity contribution in [2.24, 2.45) is 0 Å². The van der Waals surface area contributed by atoms with Gasteiger partial charge in [0.2, 0.25) is 0 Å². The fourth-order valence-corrected chi connectivity index (χ4v) is 2.79. The highest BCUT2D eigenvalue weighted by molar-refractivity contribution is 7.95. The maximum Gasteiger partial charge on any atom is 0.337 e. The Morgan fingerprint density at radius 3 is 2.64 bits per heavy atom. The number of methoxy groups -OCH3 is 1. The van der Waals surface area contributed by atoms with Gasteiger partial charge in [-0.1, -0.05) is 20.4 Å². The van der Waals surface area contributed by atoms with Crippen molar-refractivity contribution in [3.63, 3.8) is 0 Å². The molecule has 0 amide bonds. The summed E-state index contributed by atoms with van der Waals surface area (Å²) in [5.74, 6) is -0.317. The molecule has 0 fully saturated rings. The highest BCUT2D eigenvalue weighted by atomic mass is 32.2. The first kappa shape index (κ1) is 16.1. The summed E-state index contributed by atoms with van der Waals surface area (Å²) < 4.78 is 30.6. The number of nitrogens with one attached hydrogen (secondary N) is 2. The monoisotopic (exact) mass is 322 g/mol. The Kier molecular flexibility index (Phi) is 4.27. The highest BCUT2D eigenvalue weighted by Crippen LogP contribution is 2.32. The lowest BCUT2D eigenvalue weighted by atomic mass is 10.0. The molecule has 2 aromatic rings. The van der Waals surface area contributed by atoms with Gasteiger partial charge in [0.25, 0.3) is 10.0 Å². The van der Waals surface area contributed by atoms with Gasteiger partial charge in [-0.15, -0.1) is 0 Å². The Morgan fingerprint density at radius 2 is 2.09 bits per heavy atom. The molecule has 1 heterocycles. The molecule has 0 atom stereocenters. The molecule has 0 unspecified atom stereocenters. The van der Waals surface area contributed by atoms with Crippen LogP contribution in [0.15, 0.2) is 30.3 Å². The maximum absolute atomic E-state index is 11.8. The smallest absolute Gasteiger partial charge is 0.337 e. The molecule has 0 aliphatic heterocycles. The summed E-state index contributed by atoms with van der Waals surface area (Å²) >= 11 is 0. The van der Waals surface area contributed by atoms with E-state index in [1.807, 2.05) is 20.0 Å².